The average Bonchev–Trinajstić information content (AvgIpc) is 2.47. The van der Waals surface area contributed by atoms with Crippen LogP contribution in [-0.4, -0.2) is 35.0 Å². The third-order valence-electron chi connectivity index (χ3n) is 3.49. The molecule has 5 heteroatoms. The highest BCUT2D eigenvalue weighted by Crippen LogP contribution is 2.21. The van der Waals surface area contributed by atoms with Crippen molar-refractivity contribution in [2.45, 2.75) is 19.3 Å². The Morgan fingerprint density at radius 3 is 2.45 bits per heavy atom. The molecular formula is C15H19NO3S. The standard InChI is InChI=1S/C15H19NO3S/c17-14(16-10-12-5-7-20-8-6-12)9-11-1-3-13(4-2-11)15(18)19/h1-4,12H,5-10H2,(H,16,17)(H,18,19). The van der Waals surface area contributed by atoms with Gasteiger partial charge < -0.3 is 10.4 Å². The fraction of sp³-hybridized carbons (Fsp3) is 0.467. The number of amides is 1. The summed E-state index contributed by atoms with van der Waals surface area (Å²) < 4.78 is 0. The highest BCUT2D eigenvalue weighted by atomic mass is 32.2. The van der Waals surface area contributed by atoms with Gasteiger partial charge in [-0.3, -0.25) is 4.79 Å². The van der Waals surface area contributed by atoms with Crippen LogP contribution in [0.1, 0.15) is 28.8 Å². The quantitative estimate of drug-likeness (QED) is 0.873. The number of carboxylic acids is 1. The number of hydrogen-bond acceptors (Lipinski definition) is 3. The van der Waals surface area contributed by atoms with Gasteiger partial charge in [-0.1, -0.05) is 12.1 Å². The number of carbonyl (C=O) groups excluding carboxylic acids is 1. The minimum Gasteiger partial charge on any atom is -0.478 e. The van der Waals surface area contributed by atoms with Gasteiger partial charge in [0.25, 0.3) is 0 Å². The Balaban J connectivity index is 1.77. The number of benzene rings is 1. The van der Waals surface area contributed by atoms with Crippen LogP contribution in [0.25, 0.3) is 0 Å². The molecule has 0 unspecified atom stereocenters. The first kappa shape index (κ1) is 14.9. The van der Waals surface area contributed by atoms with Gasteiger partial charge in [-0.05, 0) is 48.0 Å². The van der Waals surface area contributed by atoms with Crippen molar-refractivity contribution in [1.29, 1.82) is 0 Å². The molecule has 0 saturated carbocycles. The third-order valence-corrected chi connectivity index (χ3v) is 4.54. The fourth-order valence-electron chi connectivity index (χ4n) is 2.22. The topological polar surface area (TPSA) is 66.4 Å². The second-order valence-electron chi connectivity index (χ2n) is 5.04. The number of thioether (sulfide) groups is 1. The van der Waals surface area contributed by atoms with E-state index in [1.165, 1.54) is 36.5 Å². The predicted molar refractivity (Wildman–Crippen MR) is 80.2 cm³/mol. The number of nitrogens with one attached hydrogen (secondary N) is 1. The zero-order chi connectivity index (χ0) is 14.4. The first-order chi connectivity index (χ1) is 9.65. The third kappa shape index (κ3) is 4.56. The van der Waals surface area contributed by atoms with E-state index in [4.69, 9.17) is 5.11 Å². The molecule has 0 aromatic heterocycles. The van der Waals surface area contributed by atoms with E-state index in [-0.39, 0.29) is 11.5 Å². The van der Waals surface area contributed by atoms with E-state index >= 15 is 0 Å². The molecule has 108 valence electrons. The largest absolute Gasteiger partial charge is 0.478 e. The van der Waals surface area contributed by atoms with Gasteiger partial charge in [0.1, 0.15) is 0 Å². The maximum Gasteiger partial charge on any atom is 0.335 e. The Hall–Kier alpha value is -1.49. The summed E-state index contributed by atoms with van der Waals surface area (Å²) in [5.41, 5.74) is 1.08. The SMILES string of the molecule is O=C(Cc1ccc(C(=O)O)cc1)NCC1CCSCC1. The van der Waals surface area contributed by atoms with Gasteiger partial charge in [0.2, 0.25) is 5.91 Å². The Kier molecular flexibility index (Phi) is 5.47. The summed E-state index contributed by atoms with van der Waals surface area (Å²) in [4.78, 5) is 22.6. The summed E-state index contributed by atoms with van der Waals surface area (Å²) in [7, 11) is 0. The lowest BCUT2D eigenvalue weighted by atomic mass is 10.0. The second-order valence-corrected chi connectivity index (χ2v) is 6.26. The molecule has 2 N–H and O–H groups in total. The molecule has 1 saturated heterocycles. The van der Waals surface area contributed by atoms with E-state index in [1.54, 1.807) is 12.1 Å². The summed E-state index contributed by atoms with van der Waals surface area (Å²) >= 11 is 1.98. The Morgan fingerprint density at radius 2 is 1.85 bits per heavy atom. The molecule has 1 amide bonds. The molecule has 2 rings (SSSR count). The summed E-state index contributed by atoms with van der Waals surface area (Å²) in [6, 6.07) is 6.45. The van der Waals surface area contributed by atoms with Crippen LogP contribution in [0.4, 0.5) is 0 Å². The van der Waals surface area contributed by atoms with Crippen molar-refractivity contribution in [3.8, 4) is 0 Å². The van der Waals surface area contributed by atoms with Crippen molar-refractivity contribution in [2.24, 2.45) is 5.92 Å². The molecule has 1 aliphatic heterocycles. The molecule has 0 bridgehead atoms. The molecule has 0 aliphatic carbocycles. The molecule has 0 atom stereocenters. The zero-order valence-electron chi connectivity index (χ0n) is 11.3. The zero-order valence-corrected chi connectivity index (χ0v) is 12.1. The molecule has 1 fully saturated rings. The van der Waals surface area contributed by atoms with Crippen LogP contribution in [0.3, 0.4) is 0 Å². The van der Waals surface area contributed by atoms with Crippen LogP contribution in [0.15, 0.2) is 24.3 Å². The number of aromatic carboxylic acids is 1. The van der Waals surface area contributed by atoms with Gasteiger partial charge in [0.05, 0.1) is 12.0 Å². The van der Waals surface area contributed by atoms with Gasteiger partial charge in [0.15, 0.2) is 0 Å². The van der Waals surface area contributed by atoms with Crippen LogP contribution in [0.2, 0.25) is 0 Å². The first-order valence-electron chi connectivity index (χ1n) is 6.82. The Bertz CT molecular complexity index is 467. The van der Waals surface area contributed by atoms with Crippen molar-refractivity contribution < 1.29 is 14.7 Å². The Morgan fingerprint density at radius 1 is 1.20 bits per heavy atom. The van der Waals surface area contributed by atoms with Crippen molar-refractivity contribution in [1.82, 2.24) is 5.32 Å². The highest BCUT2D eigenvalue weighted by Gasteiger charge is 2.14. The molecule has 0 radical (unpaired) electrons. The predicted octanol–water partition coefficient (Wildman–Crippen LogP) is 2.19. The van der Waals surface area contributed by atoms with Gasteiger partial charge in [-0.2, -0.15) is 11.8 Å². The van der Waals surface area contributed by atoms with E-state index in [0.29, 0.717) is 12.3 Å². The molecule has 20 heavy (non-hydrogen) atoms. The normalized spacial score (nSPS) is 15.8. The maximum absolute atomic E-state index is 11.8. The average molecular weight is 293 g/mol. The lowest BCUT2D eigenvalue weighted by molar-refractivity contribution is -0.120. The van der Waals surface area contributed by atoms with E-state index in [9.17, 15) is 9.59 Å². The van der Waals surface area contributed by atoms with Crippen molar-refractivity contribution in [3.05, 3.63) is 35.4 Å². The maximum atomic E-state index is 11.8. The Labute approximate surface area is 123 Å². The second kappa shape index (κ2) is 7.33. The monoisotopic (exact) mass is 293 g/mol. The number of carbonyl (C=O) groups is 2. The van der Waals surface area contributed by atoms with Crippen molar-refractivity contribution in [3.63, 3.8) is 0 Å². The van der Waals surface area contributed by atoms with E-state index < -0.39 is 5.97 Å². The summed E-state index contributed by atoms with van der Waals surface area (Å²) in [6.07, 6.45) is 2.66. The van der Waals surface area contributed by atoms with Crippen molar-refractivity contribution >= 4 is 23.6 Å². The fourth-order valence-corrected chi connectivity index (χ4v) is 3.43. The van der Waals surface area contributed by atoms with Crippen LogP contribution in [0, 0.1) is 5.92 Å². The van der Waals surface area contributed by atoms with E-state index in [1.807, 2.05) is 11.8 Å². The summed E-state index contributed by atoms with van der Waals surface area (Å²) in [5.74, 6) is 2.05. The summed E-state index contributed by atoms with van der Waals surface area (Å²) in [5, 5.41) is 11.8. The highest BCUT2D eigenvalue weighted by molar-refractivity contribution is 7.99. The molecule has 1 aromatic carbocycles. The molecule has 1 aromatic rings. The van der Waals surface area contributed by atoms with E-state index in [2.05, 4.69) is 5.32 Å². The molecule has 0 spiro atoms. The molecule has 1 aliphatic rings. The van der Waals surface area contributed by atoms with Gasteiger partial charge in [0, 0.05) is 6.54 Å². The van der Waals surface area contributed by atoms with Crippen LogP contribution in [0.5, 0.6) is 0 Å². The van der Waals surface area contributed by atoms with Crippen LogP contribution >= 0.6 is 11.8 Å². The number of hydrogen-bond donors (Lipinski definition) is 2. The van der Waals surface area contributed by atoms with Crippen LogP contribution < -0.4 is 5.32 Å². The molecular weight excluding hydrogens is 274 g/mol. The van der Waals surface area contributed by atoms with Crippen LogP contribution in [-0.2, 0) is 11.2 Å². The first-order valence-corrected chi connectivity index (χ1v) is 7.97. The minimum absolute atomic E-state index is 0.00583. The lowest BCUT2D eigenvalue weighted by Gasteiger charge is -2.21. The van der Waals surface area contributed by atoms with E-state index in [0.717, 1.165) is 12.1 Å². The van der Waals surface area contributed by atoms with Crippen molar-refractivity contribution in [2.75, 3.05) is 18.1 Å². The molecule has 1 heterocycles. The number of carboxylic acid groups (broad SMARTS) is 1. The molecule has 4 nitrogen and oxygen atoms in total. The van der Waals surface area contributed by atoms with Gasteiger partial charge in [-0.25, -0.2) is 4.79 Å². The number of rotatable bonds is 5. The van der Waals surface area contributed by atoms with Gasteiger partial charge in [-0.15, -0.1) is 0 Å². The lowest BCUT2D eigenvalue weighted by Crippen LogP contribution is -2.32. The smallest absolute Gasteiger partial charge is 0.335 e. The summed E-state index contributed by atoms with van der Waals surface area (Å²) in [6.45, 7) is 0.757. The van der Waals surface area contributed by atoms with Gasteiger partial charge >= 0.3 is 5.97 Å². The minimum atomic E-state index is -0.948.